The second kappa shape index (κ2) is 8.50. The van der Waals surface area contributed by atoms with Crippen LogP contribution in [0.4, 0.5) is 14.5 Å². The van der Waals surface area contributed by atoms with Crippen molar-refractivity contribution in [3.8, 4) is 28.4 Å². The molecule has 1 heterocycles. The summed E-state index contributed by atoms with van der Waals surface area (Å²) in [5.41, 5.74) is -0.278. The number of rotatable bonds is 6. The number of ether oxygens (including phenoxy) is 2. The highest BCUT2D eigenvalue weighted by Crippen LogP contribution is 2.41. The van der Waals surface area contributed by atoms with Crippen LogP contribution in [0.2, 0.25) is 5.02 Å². The fourth-order valence-electron chi connectivity index (χ4n) is 2.76. The van der Waals surface area contributed by atoms with E-state index < -0.39 is 22.3 Å². The van der Waals surface area contributed by atoms with Crippen LogP contribution in [0.15, 0.2) is 47.4 Å². The van der Waals surface area contributed by atoms with E-state index in [1.807, 2.05) is 0 Å². The molecular weight excluding hydrogens is 422 g/mol. The average Bonchev–Trinajstić information content (AvgIpc) is 2.67. The Hall–Kier alpha value is -3.46. The van der Waals surface area contributed by atoms with Crippen molar-refractivity contribution in [2.45, 2.75) is 6.92 Å². The quantitative estimate of drug-likeness (QED) is 0.397. The standard InChI is InChI=1S/C20H15ClF2N2O5/c1-3-29-18-9-19(26)24(2)10-14(18)13-8-12(25(27)28)4-5-17(13)30-20-15(22)6-11(21)7-16(20)23/h4-10H,3H2,1-2H3. The lowest BCUT2D eigenvalue weighted by Gasteiger charge is -2.16. The lowest BCUT2D eigenvalue weighted by atomic mass is 10.0. The second-order valence-electron chi connectivity index (χ2n) is 6.17. The molecule has 0 fully saturated rings. The Morgan fingerprint density at radius 3 is 2.37 bits per heavy atom. The predicted octanol–water partition coefficient (Wildman–Crippen LogP) is 5.08. The van der Waals surface area contributed by atoms with Gasteiger partial charge in [0.05, 0.1) is 11.5 Å². The molecule has 3 aromatic rings. The van der Waals surface area contributed by atoms with E-state index in [0.717, 1.165) is 18.2 Å². The molecule has 3 rings (SSSR count). The van der Waals surface area contributed by atoms with Crippen molar-refractivity contribution >= 4 is 17.3 Å². The zero-order chi connectivity index (χ0) is 22.0. The van der Waals surface area contributed by atoms with Gasteiger partial charge in [-0.3, -0.25) is 14.9 Å². The van der Waals surface area contributed by atoms with E-state index in [4.69, 9.17) is 21.1 Å². The minimum absolute atomic E-state index is 0.0830. The minimum atomic E-state index is -1.05. The van der Waals surface area contributed by atoms with E-state index >= 15 is 0 Å². The van der Waals surface area contributed by atoms with Crippen molar-refractivity contribution in [2.75, 3.05) is 6.61 Å². The first kappa shape index (κ1) is 21.3. The normalized spacial score (nSPS) is 10.7. The Balaban J connectivity index is 2.24. The Bertz CT molecular complexity index is 1170. The number of aromatic nitrogens is 1. The molecule has 0 N–H and O–H groups in total. The molecule has 10 heteroatoms. The van der Waals surface area contributed by atoms with Crippen molar-refractivity contribution in [3.63, 3.8) is 0 Å². The van der Waals surface area contributed by atoms with Gasteiger partial charge in [-0.1, -0.05) is 11.6 Å². The molecule has 1 aromatic heterocycles. The number of nitrogens with zero attached hydrogens (tertiary/aromatic N) is 2. The fourth-order valence-corrected chi connectivity index (χ4v) is 2.95. The summed E-state index contributed by atoms with van der Waals surface area (Å²) in [5, 5.41) is 11.1. The SMILES string of the molecule is CCOc1cc(=O)n(C)cc1-c1cc([N+](=O)[O-])ccc1Oc1c(F)cc(Cl)cc1F. The van der Waals surface area contributed by atoms with Gasteiger partial charge in [0.25, 0.3) is 11.2 Å². The topological polar surface area (TPSA) is 83.6 Å². The smallest absolute Gasteiger partial charge is 0.270 e. The first-order chi connectivity index (χ1) is 14.2. The van der Waals surface area contributed by atoms with Gasteiger partial charge < -0.3 is 14.0 Å². The highest BCUT2D eigenvalue weighted by atomic mass is 35.5. The zero-order valence-corrected chi connectivity index (χ0v) is 16.6. The summed E-state index contributed by atoms with van der Waals surface area (Å²) in [6.45, 7) is 1.91. The summed E-state index contributed by atoms with van der Waals surface area (Å²) in [4.78, 5) is 22.7. The third kappa shape index (κ3) is 4.25. The molecule has 0 spiro atoms. The van der Waals surface area contributed by atoms with Crippen LogP contribution in [-0.2, 0) is 7.05 Å². The van der Waals surface area contributed by atoms with Gasteiger partial charge in [0.15, 0.2) is 17.4 Å². The second-order valence-corrected chi connectivity index (χ2v) is 6.61. The highest BCUT2D eigenvalue weighted by Gasteiger charge is 2.21. The van der Waals surface area contributed by atoms with Crippen molar-refractivity contribution in [3.05, 3.63) is 79.7 Å². The molecule has 0 bridgehead atoms. The first-order valence-electron chi connectivity index (χ1n) is 8.66. The molecule has 0 atom stereocenters. The molecule has 0 amide bonds. The molecule has 0 saturated heterocycles. The fraction of sp³-hybridized carbons (Fsp3) is 0.150. The molecule has 156 valence electrons. The van der Waals surface area contributed by atoms with Crippen molar-refractivity contribution in [1.82, 2.24) is 4.57 Å². The summed E-state index contributed by atoms with van der Waals surface area (Å²) < 4.78 is 40.6. The number of nitro benzene ring substituents is 1. The Kier molecular flexibility index (Phi) is 6.02. The lowest BCUT2D eigenvalue weighted by molar-refractivity contribution is -0.384. The van der Waals surface area contributed by atoms with Crippen LogP contribution in [0.1, 0.15) is 6.92 Å². The molecule has 0 aliphatic heterocycles. The number of aryl methyl sites for hydroxylation is 1. The number of hydrogen-bond acceptors (Lipinski definition) is 5. The maximum Gasteiger partial charge on any atom is 0.270 e. The van der Waals surface area contributed by atoms with Crippen LogP contribution < -0.4 is 15.0 Å². The predicted molar refractivity (Wildman–Crippen MR) is 106 cm³/mol. The molecule has 0 aliphatic rings. The molecule has 30 heavy (non-hydrogen) atoms. The lowest BCUT2D eigenvalue weighted by Crippen LogP contribution is -2.16. The number of hydrogen-bond donors (Lipinski definition) is 0. The molecule has 0 aliphatic carbocycles. The molecule has 0 radical (unpaired) electrons. The monoisotopic (exact) mass is 436 g/mol. The summed E-state index contributed by atoms with van der Waals surface area (Å²) in [6, 6.07) is 6.48. The molecular formula is C20H15ClF2N2O5. The van der Waals surface area contributed by atoms with Crippen molar-refractivity contribution < 1.29 is 23.2 Å². The Morgan fingerprint density at radius 2 is 1.77 bits per heavy atom. The third-order valence-corrected chi connectivity index (χ3v) is 4.35. The van der Waals surface area contributed by atoms with E-state index in [9.17, 15) is 23.7 Å². The minimum Gasteiger partial charge on any atom is -0.493 e. The van der Waals surface area contributed by atoms with E-state index in [1.165, 1.54) is 36.0 Å². The summed E-state index contributed by atoms with van der Waals surface area (Å²) >= 11 is 5.64. The molecule has 7 nitrogen and oxygen atoms in total. The van der Waals surface area contributed by atoms with Gasteiger partial charge in [-0.2, -0.15) is 0 Å². The number of nitro groups is 1. The maximum absolute atomic E-state index is 14.2. The number of non-ortho nitro benzene ring substituents is 1. The largest absolute Gasteiger partial charge is 0.493 e. The van der Waals surface area contributed by atoms with Gasteiger partial charge in [0, 0.05) is 47.6 Å². The zero-order valence-electron chi connectivity index (χ0n) is 15.8. The van der Waals surface area contributed by atoms with Crippen LogP contribution in [0, 0.1) is 21.7 Å². The van der Waals surface area contributed by atoms with Gasteiger partial charge in [0.2, 0.25) is 0 Å². The van der Waals surface area contributed by atoms with Crippen molar-refractivity contribution in [2.24, 2.45) is 7.05 Å². The van der Waals surface area contributed by atoms with E-state index in [0.29, 0.717) is 0 Å². The summed E-state index contributed by atoms with van der Waals surface area (Å²) in [6.07, 6.45) is 1.40. The molecule has 0 saturated carbocycles. The molecule has 2 aromatic carbocycles. The van der Waals surface area contributed by atoms with Crippen molar-refractivity contribution in [1.29, 1.82) is 0 Å². The number of pyridine rings is 1. The van der Waals surface area contributed by atoms with E-state index in [-0.39, 0.29) is 45.5 Å². The molecule has 0 unspecified atom stereocenters. The highest BCUT2D eigenvalue weighted by molar-refractivity contribution is 6.30. The summed E-state index contributed by atoms with van der Waals surface area (Å²) in [5.74, 6) is -2.76. The van der Waals surface area contributed by atoms with Crippen LogP contribution in [0.3, 0.4) is 0 Å². The third-order valence-electron chi connectivity index (χ3n) is 4.13. The van der Waals surface area contributed by atoms with Crippen LogP contribution in [0.5, 0.6) is 17.2 Å². The van der Waals surface area contributed by atoms with Crippen LogP contribution in [-0.4, -0.2) is 16.1 Å². The average molecular weight is 437 g/mol. The number of benzene rings is 2. The van der Waals surface area contributed by atoms with Crippen LogP contribution >= 0.6 is 11.6 Å². The van der Waals surface area contributed by atoms with Crippen LogP contribution in [0.25, 0.3) is 11.1 Å². The van der Waals surface area contributed by atoms with Gasteiger partial charge in [-0.15, -0.1) is 0 Å². The van der Waals surface area contributed by atoms with Gasteiger partial charge >= 0.3 is 0 Å². The van der Waals surface area contributed by atoms with Gasteiger partial charge in [-0.25, -0.2) is 8.78 Å². The van der Waals surface area contributed by atoms with Gasteiger partial charge in [-0.05, 0) is 25.1 Å². The number of halogens is 3. The Morgan fingerprint density at radius 1 is 1.10 bits per heavy atom. The summed E-state index contributed by atoms with van der Waals surface area (Å²) in [7, 11) is 1.48. The van der Waals surface area contributed by atoms with Gasteiger partial charge in [0.1, 0.15) is 11.5 Å². The first-order valence-corrected chi connectivity index (χ1v) is 9.03. The van der Waals surface area contributed by atoms with E-state index in [1.54, 1.807) is 6.92 Å². The Labute approximate surface area is 174 Å². The maximum atomic E-state index is 14.2. The van der Waals surface area contributed by atoms with E-state index in [2.05, 4.69) is 0 Å².